The van der Waals surface area contributed by atoms with Gasteiger partial charge in [-0.15, -0.1) is 0 Å². The van der Waals surface area contributed by atoms with Crippen LogP contribution in [0.3, 0.4) is 0 Å². The lowest BCUT2D eigenvalue weighted by molar-refractivity contribution is -0.137. The lowest BCUT2D eigenvalue weighted by Crippen LogP contribution is -2.38. The van der Waals surface area contributed by atoms with Gasteiger partial charge in [0.2, 0.25) is 0 Å². The highest BCUT2D eigenvalue weighted by Gasteiger charge is 2.10. The molecular weight excluding hydrogens is 319 g/mol. The number of benzene rings is 1. The molecule has 0 saturated carbocycles. The standard InChI is InChI=1S/C12H14BrFN2O3/c1-16(3-2-11(17)18)12(19)15-7-8-4-9(13)6-10(14)5-8/h4-6H,2-3,7H2,1H3,(H,15,19)(H,17,18). The van der Waals surface area contributed by atoms with E-state index >= 15 is 0 Å². The summed E-state index contributed by atoms with van der Waals surface area (Å²) >= 11 is 3.16. The molecule has 1 aromatic carbocycles. The van der Waals surface area contributed by atoms with E-state index in [1.807, 2.05) is 0 Å². The van der Waals surface area contributed by atoms with E-state index in [9.17, 15) is 14.0 Å². The van der Waals surface area contributed by atoms with E-state index in [4.69, 9.17) is 5.11 Å². The van der Waals surface area contributed by atoms with E-state index in [0.29, 0.717) is 10.0 Å². The summed E-state index contributed by atoms with van der Waals surface area (Å²) in [6, 6.07) is 3.94. The van der Waals surface area contributed by atoms with Crippen molar-refractivity contribution in [3.05, 3.63) is 34.1 Å². The van der Waals surface area contributed by atoms with Gasteiger partial charge in [0.15, 0.2) is 0 Å². The number of hydrogen-bond acceptors (Lipinski definition) is 2. The Labute approximate surface area is 118 Å². The summed E-state index contributed by atoms with van der Waals surface area (Å²) in [4.78, 5) is 23.3. The van der Waals surface area contributed by atoms with Gasteiger partial charge in [-0.3, -0.25) is 4.79 Å². The molecule has 19 heavy (non-hydrogen) atoms. The average molecular weight is 333 g/mol. The van der Waals surface area contributed by atoms with Gasteiger partial charge in [-0.2, -0.15) is 0 Å². The maximum Gasteiger partial charge on any atom is 0.317 e. The number of carboxylic acid groups (broad SMARTS) is 1. The zero-order valence-electron chi connectivity index (χ0n) is 10.3. The highest BCUT2D eigenvalue weighted by molar-refractivity contribution is 9.10. The molecule has 5 nitrogen and oxygen atoms in total. The Morgan fingerprint density at radius 3 is 2.68 bits per heavy atom. The van der Waals surface area contributed by atoms with Gasteiger partial charge in [0.05, 0.1) is 6.42 Å². The Bertz CT molecular complexity index is 462. The van der Waals surface area contributed by atoms with E-state index in [0.717, 1.165) is 0 Å². The first-order valence-electron chi connectivity index (χ1n) is 5.54. The Morgan fingerprint density at radius 1 is 1.42 bits per heavy atom. The van der Waals surface area contributed by atoms with Gasteiger partial charge in [0, 0.05) is 24.6 Å². The van der Waals surface area contributed by atoms with Crippen molar-refractivity contribution in [1.82, 2.24) is 10.2 Å². The summed E-state index contributed by atoms with van der Waals surface area (Å²) in [6.45, 7) is 0.292. The molecule has 0 aliphatic heterocycles. The second-order valence-corrected chi connectivity index (χ2v) is 4.92. The minimum atomic E-state index is -0.964. The molecule has 0 spiro atoms. The maximum absolute atomic E-state index is 13.1. The van der Waals surface area contributed by atoms with Crippen LogP contribution < -0.4 is 5.32 Å². The third-order valence-electron chi connectivity index (χ3n) is 2.37. The zero-order valence-corrected chi connectivity index (χ0v) is 11.9. The number of amides is 2. The molecular formula is C12H14BrFN2O3. The number of rotatable bonds is 5. The maximum atomic E-state index is 13.1. The monoisotopic (exact) mass is 332 g/mol. The predicted octanol–water partition coefficient (Wildman–Crippen LogP) is 2.20. The van der Waals surface area contributed by atoms with Gasteiger partial charge in [-0.25, -0.2) is 9.18 Å². The summed E-state index contributed by atoms with van der Waals surface area (Å²) < 4.78 is 13.7. The van der Waals surface area contributed by atoms with Crippen LogP contribution in [-0.4, -0.2) is 35.6 Å². The second-order valence-electron chi connectivity index (χ2n) is 4.00. The Morgan fingerprint density at radius 2 is 2.11 bits per heavy atom. The first kappa shape index (κ1) is 15.4. The first-order chi connectivity index (χ1) is 8.88. The van der Waals surface area contributed by atoms with E-state index in [1.54, 1.807) is 6.07 Å². The van der Waals surface area contributed by atoms with E-state index in [1.165, 1.54) is 24.1 Å². The second kappa shape index (κ2) is 7.08. The number of carbonyl (C=O) groups excluding carboxylic acids is 1. The lowest BCUT2D eigenvalue weighted by atomic mass is 10.2. The molecule has 0 saturated heterocycles. The van der Waals surface area contributed by atoms with Crippen molar-refractivity contribution >= 4 is 27.9 Å². The third kappa shape index (κ3) is 5.69. The van der Waals surface area contributed by atoms with Crippen LogP contribution in [0.4, 0.5) is 9.18 Å². The van der Waals surface area contributed by atoms with Crippen molar-refractivity contribution in [2.45, 2.75) is 13.0 Å². The average Bonchev–Trinajstić information content (AvgIpc) is 2.31. The van der Waals surface area contributed by atoms with Crippen LogP contribution in [0.1, 0.15) is 12.0 Å². The molecule has 0 unspecified atom stereocenters. The van der Waals surface area contributed by atoms with E-state index in [2.05, 4.69) is 21.2 Å². The fourth-order valence-electron chi connectivity index (χ4n) is 1.39. The third-order valence-corrected chi connectivity index (χ3v) is 2.83. The van der Waals surface area contributed by atoms with Gasteiger partial charge in [-0.05, 0) is 23.8 Å². The minimum absolute atomic E-state index is 0.116. The fraction of sp³-hybridized carbons (Fsp3) is 0.333. The van der Waals surface area contributed by atoms with Crippen molar-refractivity contribution in [3.63, 3.8) is 0 Å². The Kier molecular flexibility index (Phi) is 5.75. The summed E-state index contributed by atoms with van der Waals surface area (Å²) in [6.07, 6.45) is -0.116. The van der Waals surface area contributed by atoms with Crippen LogP contribution in [0.15, 0.2) is 22.7 Å². The molecule has 0 atom stereocenters. The zero-order chi connectivity index (χ0) is 14.4. The topological polar surface area (TPSA) is 69.6 Å². The number of hydrogen-bond donors (Lipinski definition) is 2. The molecule has 0 radical (unpaired) electrons. The van der Waals surface area contributed by atoms with Crippen LogP contribution >= 0.6 is 15.9 Å². The number of urea groups is 1. The first-order valence-corrected chi connectivity index (χ1v) is 6.33. The van der Waals surface area contributed by atoms with Crippen molar-refractivity contribution in [2.75, 3.05) is 13.6 Å². The number of halogens is 2. The van der Waals surface area contributed by atoms with Crippen LogP contribution in [0.5, 0.6) is 0 Å². The van der Waals surface area contributed by atoms with Crippen LogP contribution in [0, 0.1) is 5.82 Å². The quantitative estimate of drug-likeness (QED) is 0.868. The molecule has 0 fully saturated rings. The number of nitrogens with one attached hydrogen (secondary N) is 1. The van der Waals surface area contributed by atoms with Gasteiger partial charge < -0.3 is 15.3 Å². The van der Waals surface area contributed by atoms with Crippen LogP contribution in [-0.2, 0) is 11.3 Å². The van der Waals surface area contributed by atoms with Gasteiger partial charge in [0.1, 0.15) is 5.82 Å². The number of aliphatic carboxylic acids is 1. The summed E-state index contributed by atoms with van der Waals surface area (Å²) in [5.74, 6) is -1.36. The smallest absolute Gasteiger partial charge is 0.317 e. The highest BCUT2D eigenvalue weighted by Crippen LogP contribution is 2.14. The highest BCUT2D eigenvalue weighted by atomic mass is 79.9. The normalized spacial score (nSPS) is 10.1. The molecule has 2 N–H and O–H groups in total. The SMILES string of the molecule is CN(CCC(=O)O)C(=O)NCc1cc(F)cc(Br)c1. The molecule has 0 bridgehead atoms. The molecule has 0 heterocycles. The summed E-state index contributed by atoms with van der Waals surface area (Å²) in [5.41, 5.74) is 0.617. The lowest BCUT2D eigenvalue weighted by Gasteiger charge is -2.17. The number of carboxylic acids is 1. The van der Waals surface area contributed by atoms with Crippen molar-refractivity contribution in [3.8, 4) is 0 Å². The summed E-state index contributed by atoms with van der Waals surface area (Å²) in [7, 11) is 1.50. The van der Waals surface area contributed by atoms with Gasteiger partial charge >= 0.3 is 12.0 Å². The number of nitrogens with zero attached hydrogens (tertiary/aromatic N) is 1. The molecule has 1 aromatic rings. The molecule has 7 heteroatoms. The van der Waals surface area contributed by atoms with Crippen molar-refractivity contribution in [2.24, 2.45) is 0 Å². The fourth-order valence-corrected chi connectivity index (χ4v) is 1.90. The Hall–Kier alpha value is -1.63. The minimum Gasteiger partial charge on any atom is -0.481 e. The van der Waals surface area contributed by atoms with Gasteiger partial charge in [-0.1, -0.05) is 15.9 Å². The molecule has 104 valence electrons. The van der Waals surface area contributed by atoms with E-state index in [-0.39, 0.29) is 19.5 Å². The van der Waals surface area contributed by atoms with E-state index < -0.39 is 17.8 Å². The molecule has 1 rings (SSSR count). The molecule has 2 amide bonds. The summed E-state index contributed by atoms with van der Waals surface area (Å²) in [5, 5.41) is 11.1. The van der Waals surface area contributed by atoms with Crippen molar-refractivity contribution < 1.29 is 19.1 Å². The molecule has 0 aliphatic carbocycles. The van der Waals surface area contributed by atoms with Crippen LogP contribution in [0.2, 0.25) is 0 Å². The van der Waals surface area contributed by atoms with Crippen molar-refractivity contribution in [1.29, 1.82) is 0 Å². The number of carbonyl (C=O) groups is 2. The van der Waals surface area contributed by atoms with Crippen LogP contribution in [0.25, 0.3) is 0 Å². The predicted molar refractivity (Wildman–Crippen MR) is 71.2 cm³/mol. The Balaban J connectivity index is 2.47. The molecule has 0 aromatic heterocycles. The van der Waals surface area contributed by atoms with Gasteiger partial charge in [0.25, 0.3) is 0 Å². The largest absolute Gasteiger partial charge is 0.481 e. The molecule has 0 aliphatic rings.